The first-order valence-electron chi connectivity index (χ1n) is 6.54. The van der Waals surface area contributed by atoms with Crippen LogP contribution >= 0.6 is 15.9 Å². The maximum atomic E-state index is 9.36. The maximum Gasteiger partial charge on any atom is 0.232 e. The van der Waals surface area contributed by atoms with Gasteiger partial charge in [-0.1, -0.05) is 0 Å². The second-order valence-electron chi connectivity index (χ2n) is 4.72. The van der Waals surface area contributed by atoms with Crippen molar-refractivity contribution in [3.63, 3.8) is 0 Å². The molecule has 2 aromatic rings. The van der Waals surface area contributed by atoms with E-state index in [1.165, 1.54) is 13.5 Å². The van der Waals surface area contributed by atoms with E-state index in [1.54, 1.807) is 17.1 Å². The first-order valence-corrected chi connectivity index (χ1v) is 7.33. The Kier molecular flexibility index (Phi) is 3.75. The average Bonchev–Trinajstić information content (AvgIpc) is 2.81. The lowest BCUT2D eigenvalue weighted by atomic mass is 9.93. The van der Waals surface area contributed by atoms with Gasteiger partial charge in [-0.05, 0) is 35.2 Å². The number of hydrogen-bond donors (Lipinski definition) is 1. The zero-order valence-electron chi connectivity index (χ0n) is 11.4. The van der Waals surface area contributed by atoms with E-state index >= 15 is 0 Å². The second-order valence-corrected chi connectivity index (χ2v) is 5.58. The van der Waals surface area contributed by atoms with E-state index < -0.39 is 0 Å². The molecule has 0 atom stereocenters. The van der Waals surface area contributed by atoms with Crippen LogP contribution < -0.4 is 10.1 Å². The van der Waals surface area contributed by atoms with Gasteiger partial charge in [0.15, 0.2) is 5.69 Å². The van der Waals surface area contributed by atoms with Crippen molar-refractivity contribution >= 4 is 27.6 Å². The minimum Gasteiger partial charge on any atom is -0.480 e. The number of nitrogens with zero attached hydrogens (tertiary/aromatic N) is 5. The number of anilines is 2. The van der Waals surface area contributed by atoms with Crippen LogP contribution in [0, 0.1) is 11.3 Å². The number of aromatic nitrogens is 4. The molecule has 0 saturated heterocycles. The fraction of sp³-hybridized carbons (Fsp3) is 0.385. The number of rotatable bonds is 4. The highest BCUT2D eigenvalue weighted by molar-refractivity contribution is 9.10. The van der Waals surface area contributed by atoms with Crippen molar-refractivity contribution in [1.82, 2.24) is 19.7 Å². The normalized spacial score (nSPS) is 14.3. The zero-order valence-corrected chi connectivity index (χ0v) is 13.0. The van der Waals surface area contributed by atoms with Crippen LogP contribution in [0.3, 0.4) is 0 Å². The van der Waals surface area contributed by atoms with E-state index in [2.05, 4.69) is 42.4 Å². The average molecular weight is 349 g/mol. The van der Waals surface area contributed by atoms with Gasteiger partial charge in [-0.2, -0.15) is 15.3 Å². The molecule has 1 aliphatic rings. The predicted molar refractivity (Wildman–Crippen MR) is 79.4 cm³/mol. The van der Waals surface area contributed by atoms with E-state index in [-0.39, 0.29) is 0 Å². The van der Waals surface area contributed by atoms with Crippen LogP contribution in [-0.4, -0.2) is 26.9 Å². The Morgan fingerprint density at radius 1 is 1.48 bits per heavy atom. The van der Waals surface area contributed by atoms with Crippen molar-refractivity contribution in [1.29, 1.82) is 5.26 Å². The van der Waals surface area contributed by atoms with Crippen molar-refractivity contribution < 1.29 is 4.74 Å². The Morgan fingerprint density at radius 3 is 2.90 bits per heavy atom. The molecule has 7 nitrogen and oxygen atoms in total. The smallest absolute Gasteiger partial charge is 0.232 e. The summed E-state index contributed by atoms with van der Waals surface area (Å²) in [5.74, 6) is 0.789. The summed E-state index contributed by atoms with van der Waals surface area (Å²) in [4.78, 5) is 8.36. The molecule has 2 aromatic heterocycles. The molecular weight excluding hydrogens is 336 g/mol. The lowest BCUT2D eigenvalue weighted by Gasteiger charge is -2.26. The first kappa shape index (κ1) is 13.8. The van der Waals surface area contributed by atoms with Gasteiger partial charge in [0.25, 0.3) is 0 Å². The molecule has 3 rings (SSSR count). The molecule has 0 aliphatic heterocycles. The molecule has 0 unspecified atom stereocenters. The van der Waals surface area contributed by atoms with Crippen LogP contribution in [0.1, 0.15) is 31.0 Å². The van der Waals surface area contributed by atoms with Crippen LogP contribution in [-0.2, 0) is 0 Å². The van der Waals surface area contributed by atoms with Gasteiger partial charge in [0.1, 0.15) is 6.07 Å². The lowest BCUT2D eigenvalue weighted by Crippen LogP contribution is -2.19. The van der Waals surface area contributed by atoms with Gasteiger partial charge in [0.2, 0.25) is 11.8 Å². The Bertz CT molecular complexity index is 703. The fourth-order valence-corrected chi connectivity index (χ4v) is 2.50. The van der Waals surface area contributed by atoms with Crippen LogP contribution in [0.5, 0.6) is 5.88 Å². The van der Waals surface area contributed by atoms with Gasteiger partial charge >= 0.3 is 0 Å². The topological polar surface area (TPSA) is 88.6 Å². The standard InChI is InChI=1S/C13H13BrN6O/c1-21-12-9(14)6-16-13(19-12)18-10-7-17-20(11(10)5-15)8-3-2-4-8/h6-8H,2-4H2,1H3,(H,16,18,19). The highest BCUT2D eigenvalue weighted by atomic mass is 79.9. The summed E-state index contributed by atoms with van der Waals surface area (Å²) >= 11 is 3.30. The number of nitriles is 1. The SMILES string of the molecule is COc1nc(Nc2cnn(C3CCC3)c2C#N)ncc1Br. The third-order valence-electron chi connectivity index (χ3n) is 3.47. The molecule has 0 radical (unpaired) electrons. The summed E-state index contributed by atoms with van der Waals surface area (Å²) in [6.45, 7) is 0. The second kappa shape index (κ2) is 5.69. The van der Waals surface area contributed by atoms with Gasteiger partial charge in [0, 0.05) is 0 Å². The summed E-state index contributed by atoms with van der Waals surface area (Å²) in [5.41, 5.74) is 1.11. The van der Waals surface area contributed by atoms with Crippen LogP contribution in [0.2, 0.25) is 0 Å². The molecule has 1 fully saturated rings. The molecule has 1 saturated carbocycles. The molecule has 0 amide bonds. The minimum absolute atomic E-state index is 0.329. The van der Waals surface area contributed by atoms with Crippen LogP contribution in [0.15, 0.2) is 16.9 Å². The molecular formula is C13H13BrN6O. The van der Waals surface area contributed by atoms with Gasteiger partial charge in [-0.25, -0.2) is 9.67 Å². The predicted octanol–water partition coefficient (Wildman–Crippen LogP) is 2.78. The Hall–Kier alpha value is -2.14. The number of methoxy groups -OCH3 is 1. The van der Waals surface area contributed by atoms with E-state index in [0.717, 1.165) is 12.8 Å². The highest BCUT2D eigenvalue weighted by Crippen LogP contribution is 2.34. The summed E-state index contributed by atoms with van der Waals surface area (Å²) in [7, 11) is 1.53. The Morgan fingerprint density at radius 2 is 2.29 bits per heavy atom. The largest absolute Gasteiger partial charge is 0.480 e. The summed E-state index contributed by atoms with van der Waals surface area (Å²) < 4.78 is 7.57. The molecule has 8 heteroatoms. The molecule has 0 spiro atoms. The first-order chi connectivity index (χ1) is 10.2. The van der Waals surface area contributed by atoms with Crippen LogP contribution in [0.25, 0.3) is 0 Å². The van der Waals surface area contributed by atoms with Crippen molar-refractivity contribution in [3.05, 3.63) is 22.6 Å². The number of hydrogen-bond acceptors (Lipinski definition) is 6. The number of halogens is 1. The fourth-order valence-electron chi connectivity index (χ4n) is 2.15. The van der Waals surface area contributed by atoms with Gasteiger partial charge in [-0.3, -0.25) is 0 Å². The molecule has 108 valence electrons. The molecule has 0 bridgehead atoms. The maximum absolute atomic E-state index is 9.36. The van der Waals surface area contributed by atoms with Crippen molar-refractivity contribution in [2.45, 2.75) is 25.3 Å². The van der Waals surface area contributed by atoms with Crippen LogP contribution in [0.4, 0.5) is 11.6 Å². The molecule has 1 N–H and O–H groups in total. The lowest BCUT2D eigenvalue weighted by molar-refractivity contribution is 0.287. The van der Waals surface area contributed by atoms with Crippen molar-refractivity contribution in [2.75, 3.05) is 12.4 Å². The van der Waals surface area contributed by atoms with E-state index in [9.17, 15) is 5.26 Å². The van der Waals surface area contributed by atoms with Gasteiger partial charge < -0.3 is 10.1 Å². The molecule has 0 aromatic carbocycles. The van der Waals surface area contributed by atoms with E-state index in [4.69, 9.17) is 4.74 Å². The number of nitrogens with one attached hydrogen (secondary N) is 1. The monoisotopic (exact) mass is 348 g/mol. The van der Waals surface area contributed by atoms with Gasteiger partial charge in [-0.15, -0.1) is 0 Å². The molecule has 21 heavy (non-hydrogen) atoms. The Balaban J connectivity index is 1.88. The summed E-state index contributed by atoms with van der Waals surface area (Å²) in [6, 6.07) is 2.52. The Labute approximate surface area is 130 Å². The number of ether oxygens (including phenoxy) is 1. The summed E-state index contributed by atoms with van der Waals surface area (Å²) in [5, 5.41) is 16.7. The zero-order chi connectivity index (χ0) is 14.8. The molecule has 2 heterocycles. The molecule has 1 aliphatic carbocycles. The van der Waals surface area contributed by atoms with Crippen molar-refractivity contribution in [3.8, 4) is 11.9 Å². The highest BCUT2D eigenvalue weighted by Gasteiger charge is 2.24. The van der Waals surface area contributed by atoms with Crippen molar-refractivity contribution in [2.24, 2.45) is 0 Å². The third-order valence-corrected chi connectivity index (χ3v) is 4.02. The minimum atomic E-state index is 0.329. The summed E-state index contributed by atoms with van der Waals surface area (Å²) in [6.07, 6.45) is 6.55. The van der Waals surface area contributed by atoms with Gasteiger partial charge in [0.05, 0.1) is 35.7 Å². The van der Waals surface area contributed by atoms with E-state index in [1.807, 2.05) is 0 Å². The quantitative estimate of drug-likeness (QED) is 0.913. The third kappa shape index (κ3) is 2.56. The van der Waals surface area contributed by atoms with E-state index in [0.29, 0.717) is 33.7 Å².